The molecule has 0 spiro atoms. The number of hydrogen-bond donors (Lipinski definition) is 1. The highest BCUT2D eigenvalue weighted by molar-refractivity contribution is 7.14. The molecule has 0 aliphatic rings. The van der Waals surface area contributed by atoms with Crippen molar-refractivity contribution in [3.8, 4) is 0 Å². The number of nitrogens with one attached hydrogen (secondary N) is 1. The van der Waals surface area contributed by atoms with Crippen LogP contribution in [0, 0.1) is 10.1 Å². The second-order valence-corrected chi connectivity index (χ2v) is 4.06. The van der Waals surface area contributed by atoms with Crippen LogP contribution in [0.15, 0.2) is 18.2 Å². The molecule has 0 atom stereocenters. The Morgan fingerprint density at radius 3 is 3.06 bits per heavy atom. The highest BCUT2D eigenvalue weighted by Gasteiger charge is 2.18. The van der Waals surface area contributed by atoms with Gasteiger partial charge in [-0.25, -0.2) is 4.79 Å². The van der Waals surface area contributed by atoms with Gasteiger partial charge in [0.15, 0.2) is 5.82 Å². The van der Waals surface area contributed by atoms with Crippen LogP contribution in [0.2, 0.25) is 0 Å². The minimum absolute atomic E-state index is 0.0260. The molecule has 0 saturated heterocycles. The van der Waals surface area contributed by atoms with E-state index < -0.39 is 11.0 Å². The number of carbonyl (C=O) groups excluding carboxylic acids is 1. The van der Waals surface area contributed by atoms with Crippen molar-refractivity contribution in [1.82, 2.24) is 4.37 Å². The predicted molar refractivity (Wildman–Crippen MR) is 66.9 cm³/mol. The Hall–Kier alpha value is -2.22. The maximum atomic E-state index is 11.3. The summed E-state index contributed by atoms with van der Waals surface area (Å²) in [5.41, 5.74) is -0.0260. The average molecular weight is 267 g/mol. The third kappa shape index (κ3) is 2.23. The van der Waals surface area contributed by atoms with Crippen molar-refractivity contribution >= 4 is 39.2 Å². The first-order valence-corrected chi connectivity index (χ1v) is 5.87. The number of benzene rings is 1. The van der Waals surface area contributed by atoms with Crippen molar-refractivity contribution in [2.24, 2.45) is 0 Å². The summed E-state index contributed by atoms with van der Waals surface area (Å²) >= 11 is 0.967. The van der Waals surface area contributed by atoms with Gasteiger partial charge in [-0.1, -0.05) is 6.07 Å². The first-order chi connectivity index (χ1) is 8.63. The number of aromatic nitrogens is 1. The van der Waals surface area contributed by atoms with Gasteiger partial charge in [-0.2, -0.15) is 4.37 Å². The van der Waals surface area contributed by atoms with Crippen molar-refractivity contribution < 1.29 is 14.5 Å². The van der Waals surface area contributed by atoms with Crippen LogP contribution in [-0.4, -0.2) is 22.0 Å². The van der Waals surface area contributed by atoms with Crippen LogP contribution < -0.4 is 5.32 Å². The molecule has 0 radical (unpaired) electrons. The summed E-state index contributed by atoms with van der Waals surface area (Å²) in [6.45, 7) is 1.93. The lowest BCUT2D eigenvalue weighted by Gasteiger charge is -2.01. The normalized spacial score (nSPS) is 10.3. The van der Waals surface area contributed by atoms with Crippen LogP contribution in [0.1, 0.15) is 6.92 Å². The Morgan fingerprint density at radius 1 is 1.61 bits per heavy atom. The SMILES string of the molecule is CCOC(=O)Nc1nsc2c([N+](=O)[O-])cccc12. The predicted octanol–water partition coefficient (Wildman–Crippen LogP) is 2.77. The molecular formula is C10H9N3O4S. The molecule has 0 aliphatic carbocycles. The molecule has 2 rings (SSSR count). The summed E-state index contributed by atoms with van der Waals surface area (Å²) in [5.74, 6) is 0.275. The van der Waals surface area contributed by atoms with E-state index in [1.807, 2.05) is 0 Å². The Labute approximate surface area is 106 Å². The minimum atomic E-state index is -0.629. The highest BCUT2D eigenvalue weighted by atomic mass is 32.1. The van der Waals surface area contributed by atoms with Crippen LogP contribution in [0.4, 0.5) is 16.3 Å². The molecule has 18 heavy (non-hydrogen) atoms. The molecule has 0 saturated carbocycles. The summed E-state index contributed by atoms with van der Waals surface area (Å²) in [6.07, 6.45) is -0.629. The standard InChI is InChI=1S/C10H9N3O4S/c1-2-17-10(14)11-9-6-4-3-5-7(13(15)16)8(6)18-12-9/h3-5H,2H2,1H3,(H,11,12,14). The van der Waals surface area contributed by atoms with Crippen molar-refractivity contribution in [3.05, 3.63) is 28.3 Å². The number of amides is 1. The van der Waals surface area contributed by atoms with Crippen molar-refractivity contribution in [2.45, 2.75) is 6.92 Å². The maximum absolute atomic E-state index is 11.3. The van der Waals surface area contributed by atoms with Crippen molar-refractivity contribution in [1.29, 1.82) is 0 Å². The van der Waals surface area contributed by atoms with E-state index in [1.54, 1.807) is 19.1 Å². The molecule has 1 aromatic heterocycles. The van der Waals surface area contributed by atoms with Gasteiger partial charge < -0.3 is 4.74 Å². The van der Waals surface area contributed by atoms with E-state index in [9.17, 15) is 14.9 Å². The molecule has 0 aliphatic heterocycles. The van der Waals surface area contributed by atoms with Crippen LogP contribution in [0.3, 0.4) is 0 Å². The van der Waals surface area contributed by atoms with E-state index >= 15 is 0 Å². The molecule has 1 heterocycles. The number of rotatable bonds is 3. The van der Waals surface area contributed by atoms with Gasteiger partial charge in [0.25, 0.3) is 5.69 Å². The van der Waals surface area contributed by atoms with E-state index in [-0.39, 0.29) is 18.1 Å². The number of anilines is 1. The number of nitrogens with zero attached hydrogens (tertiary/aromatic N) is 2. The zero-order chi connectivity index (χ0) is 13.1. The average Bonchev–Trinajstić information content (AvgIpc) is 2.72. The van der Waals surface area contributed by atoms with Crippen LogP contribution >= 0.6 is 11.5 Å². The maximum Gasteiger partial charge on any atom is 0.412 e. The number of non-ortho nitro benzene ring substituents is 1. The van der Waals surface area contributed by atoms with Crippen LogP contribution in [0.25, 0.3) is 10.1 Å². The van der Waals surface area contributed by atoms with Gasteiger partial charge in [-0.05, 0) is 24.5 Å². The van der Waals surface area contributed by atoms with Gasteiger partial charge in [0.1, 0.15) is 4.70 Å². The molecule has 94 valence electrons. The molecule has 1 aromatic carbocycles. The van der Waals surface area contributed by atoms with Gasteiger partial charge in [0.05, 0.1) is 11.5 Å². The summed E-state index contributed by atoms with van der Waals surface area (Å²) in [4.78, 5) is 21.6. The zero-order valence-corrected chi connectivity index (χ0v) is 10.2. The van der Waals surface area contributed by atoms with E-state index in [0.29, 0.717) is 10.1 Å². The fourth-order valence-electron chi connectivity index (χ4n) is 1.45. The molecule has 8 heteroatoms. The molecule has 2 aromatic rings. The fourth-order valence-corrected chi connectivity index (χ4v) is 2.27. The Kier molecular flexibility index (Phi) is 3.38. The smallest absolute Gasteiger partial charge is 0.412 e. The van der Waals surface area contributed by atoms with Crippen molar-refractivity contribution in [2.75, 3.05) is 11.9 Å². The Morgan fingerprint density at radius 2 is 2.39 bits per heavy atom. The van der Waals surface area contributed by atoms with E-state index in [4.69, 9.17) is 4.74 Å². The molecular weight excluding hydrogens is 258 g/mol. The van der Waals surface area contributed by atoms with Gasteiger partial charge in [-0.15, -0.1) is 0 Å². The first kappa shape index (κ1) is 12.2. The van der Waals surface area contributed by atoms with Gasteiger partial charge in [-0.3, -0.25) is 15.4 Å². The summed E-state index contributed by atoms with van der Waals surface area (Å²) in [6, 6.07) is 4.60. The first-order valence-electron chi connectivity index (χ1n) is 5.10. The lowest BCUT2D eigenvalue weighted by Crippen LogP contribution is -2.13. The van der Waals surface area contributed by atoms with Gasteiger partial charge in [0.2, 0.25) is 0 Å². The molecule has 0 bridgehead atoms. The Bertz CT molecular complexity index is 610. The van der Waals surface area contributed by atoms with Gasteiger partial charge >= 0.3 is 6.09 Å². The number of fused-ring (bicyclic) bond motifs is 1. The minimum Gasteiger partial charge on any atom is -0.450 e. The molecule has 7 nitrogen and oxygen atoms in total. The summed E-state index contributed by atoms with van der Waals surface area (Å²) in [5, 5.41) is 13.8. The number of ether oxygens (including phenoxy) is 1. The zero-order valence-electron chi connectivity index (χ0n) is 9.37. The lowest BCUT2D eigenvalue weighted by molar-refractivity contribution is -0.382. The summed E-state index contributed by atoms with van der Waals surface area (Å²) in [7, 11) is 0. The largest absolute Gasteiger partial charge is 0.450 e. The third-order valence-electron chi connectivity index (χ3n) is 2.17. The number of hydrogen-bond acceptors (Lipinski definition) is 6. The van der Waals surface area contributed by atoms with Crippen molar-refractivity contribution in [3.63, 3.8) is 0 Å². The highest BCUT2D eigenvalue weighted by Crippen LogP contribution is 2.33. The van der Waals surface area contributed by atoms with E-state index in [2.05, 4.69) is 9.69 Å². The van der Waals surface area contributed by atoms with Crippen LogP contribution in [0.5, 0.6) is 0 Å². The topological polar surface area (TPSA) is 94.4 Å². The van der Waals surface area contributed by atoms with Gasteiger partial charge in [0, 0.05) is 11.5 Å². The third-order valence-corrected chi connectivity index (χ3v) is 3.06. The Balaban J connectivity index is 2.40. The van der Waals surface area contributed by atoms with E-state index in [0.717, 1.165) is 11.5 Å². The fraction of sp³-hybridized carbons (Fsp3) is 0.200. The quantitative estimate of drug-likeness (QED) is 0.681. The number of carbonyl (C=O) groups is 1. The second-order valence-electron chi connectivity index (χ2n) is 3.29. The number of nitro groups is 1. The lowest BCUT2D eigenvalue weighted by atomic mass is 10.2. The molecule has 0 fully saturated rings. The van der Waals surface area contributed by atoms with Crippen LogP contribution in [-0.2, 0) is 4.74 Å². The second kappa shape index (κ2) is 4.96. The molecule has 0 unspecified atom stereocenters. The summed E-state index contributed by atoms with van der Waals surface area (Å²) < 4.78 is 9.13. The van der Waals surface area contributed by atoms with E-state index in [1.165, 1.54) is 6.07 Å². The molecule has 1 amide bonds. The monoisotopic (exact) mass is 267 g/mol. The molecule has 1 N–H and O–H groups in total. The number of nitro benzene ring substituents is 1.